The van der Waals surface area contributed by atoms with Gasteiger partial charge in [0.2, 0.25) is 11.8 Å². The van der Waals surface area contributed by atoms with Gasteiger partial charge in [0.15, 0.2) is 0 Å². The fraction of sp³-hybridized carbons (Fsp3) is 0.350. The van der Waals surface area contributed by atoms with Crippen LogP contribution in [0.15, 0.2) is 36.4 Å². The highest BCUT2D eigenvalue weighted by molar-refractivity contribution is 5.89. The molecule has 2 amide bonds. The smallest absolute Gasteiger partial charge is 0.325 e. The monoisotopic (exact) mass is 372 g/mol. The van der Waals surface area contributed by atoms with Crippen molar-refractivity contribution in [2.45, 2.75) is 32.2 Å². The second-order valence-electron chi connectivity index (χ2n) is 6.36. The molecule has 0 saturated heterocycles. The van der Waals surface area contributed by atoms with Gasteiger partial charge in [-0.2, -0.15) is 0 Å². The third kappa shape index (κ3) is 5.44. The van der Waals surface area contributed by atoms with E-state index in [9.17, 15) is 14.4 Å². The van der Waals surface area contributed by atoms with Crippen LogP contribution in [0.25, 0.3) is 10.8 Å². The number of fused-ring (bicyclic) bond motifs is 1. The lowest BCUT2D eigenvalue weighted by Crippen LogP contribution is -2.40. The predicted molar refractivity (Wildman–Crippen MR) is 102 cm³/mol. The van der Waals surface area contributed by atoms with Crippen molar-refractivity contribution in [3.63, 3.8) is 0 Å². The first-order valence-corrected chi connectivity index (χ1v) is 8.69. The summed E-state index contributed by atoms with van der Waals surface area (Å²) in [6.07, 6.45) is 0.0214. The van der Waals surface area contributed by atoms with E-state index in [0.717, 1.165) is 22.1 Å². The molecule has 0 unspecified atom stereocenters. The van der Waals surface area contributed by atoms with Crippen LogP contribution in [0, 0.1) is 0 Å². The van der Waals surface area contributed by atoms with Gasteiger partial charge in [0.05, 0.1) is 13.0 Å². The van der Waals surface area contributed by atoms with Gasteiger partial charge in [-0.15, -0.1) is 0 Å². The molecule has 0 aliphatic carbocycles. The van der Waals surface area contributed by atoms with E-state index in [4.69, 9.17) is 9.84 Å². The molecule has 0 bridgehead atoms. The summed E-state index contributed by atoms with van der Waals surface area (Å²) in [6.45, 7) is 3.33. The van der Waals surface area contributed by atoms with E-state index in [1.54, 1.807) is 14.0 Å². The number of nitrogens with one attached hydrogen (secondary N) is 2. The maximum atomic E-state index is 12.3. The number of amides is 2. The van der Waals surface area contributed by atoms with Crippen LogP contribution in [0.1, 0.15) is 31.7 Å². The topological polar surface area (TPSA) is 105 Å². The Morgan fingerprint density at radius 2 is 1.74 bits per heavy atom. The molecule has 7 nitrogen and oxygen atoms in total. The fourth-order valence-electron chi connectivity index (χ4n) is 2.62. The maximum absolute atomic E-state index is 12.3. The highest BCUT2D eigenvalue weighted by atomic mass is 16.5. The highest BCUT2D eigenvalue weighted by Gasteiger charge is 2.17. The fourth-order valence-corrected chi connectivity index (χ4v) is 2.62. The van der Waals surface area contributed by atoms with Crippen molar-refractivity contribution in [1.29, 1.82) is 0 Å². The average Bonchev–Trinajstić information content (AvgIpc) is 2.66. The van der Waals surface area contributed by atoms with Crippen molar-refractivity contribution in [2.24, 2.45) is 0 Å². The summed E-state index contributed by atoms with van der Waals surface area (Å²) in [7, 11) is 1.62. The summed E-state index contributed by atoms with van der Waals surface area (Å²) in [5.41, 5.74) is 0.870. The van der Waals surface area contributed by atoms with Gasteiger partial charge in [-0.1, -0.05) is 24.3 Å². The van der Waals surface area contributed by atoms with E-state index in [0.29, 0.717) is 0 Å². The Bertz CT molecular complexity index is 849. The molecule has 27 heavy (non-hydrogen) atoms. The van der Waals surface area contributed by atoms with Crippen LogP contribution >= 0.6 is 0 Å². The molecule has 3 N–H and O–H groups in total. The molecule has 0 aliphatic rings. The number of carbonyl (C=O) groups is 3. The van der Waals surface area contributed by atoms with Crippen LogP contribution in [-0.4, -0.2) is 42.6 Å². The molecule has 0 heterocycles. The van der Waals surface area contributed by atoms with Gasteiger partial charge in [0, 0.05) is 13.0 Å². The van der Waals surface area contributed by atoms with Gasteiger partial charge in [-0.3, -0.25) is 14.4 Å². The molecule has 2 aromatic carbocycles. The van der Waals surface area contributed by atoms with Gasteiger partial charge in [-0.25, -0.2) is 0 Å². The first kappa shape index (κ1) is 20.2. The van der Waals surface area contributed by atoms with Gasteiger partial charge in [0.1, 0.15) is 11.8 Å². The van der Waals surface area contributed by atoms with E-state index in [-0.39, 0.29) is 24.8 Å². The highest BCUT2D eigenvalue weighted by Crippen LogP contribution is 2.25. The van der Waals surface area contributed by atoms with Crippen molar-refractivity contribution in [2.75, 3.05) is 13.7 Å². The van der Waals surface area contributed by atoms with Crippen LogP contribution in [0.3, 0.4) is 0 Å². The quantitative estimate of drug-likeness (QED) is 0.658. The lowest BCUT2D eigenvalue weighted by Gasteiger charge is -2.14. The lowest BCUT2D eigenvalue weighted by atomic mass is 9.97. The van der Waals surface area contributed by atoms with Gasteiger partial charge in [0.25, 0.3) is 0 Å². The van der Waals surface area contributed by atoms with Crippen LogP contribution in [0.5, 0.6) is 5.75 Å². The molecule has 0 aliphatic heterocycles. The van der Waals surface area contributed by atoms with Crippen molar-refractivity contribution < 1.29 is 24.2 Å². The molecule has 0 fully saturated rings. The largest absolute Gasteiger partial charge is 0.497 e. The first-order valence-electron chi connectivity index (χ1n) is 8.69. The molecular formula is C20H24N2O5. The molecule has 2 aromatic rings. The Hall–Kier alpha value is -3.09. The predicted octanol–water partition coefficient (Wildman–Crippen LogP) is 2.05. The minimum atomic E-state index is -1.10. The minimum Gasteiger partial charge on any atom is -0.497 e. The Morgan fingerprint density at radius 1 is 1.07 bits per heavy atom. The summed E-state index contributed by atoms with van der Waals surface area (Å²) in [6, 6.07) is 10.6. The third-order valence-electron chi connectivity index (χ3n) is 4.36. The second kappa shape index (κ2) is 9.02. The zero-order valence-corrected chi connectivity index (χ0v) is 15.6. The second-order valence-corrected chi connectivity index (χ2v) is 6.36. The number of rotatable bonds is 8. The van der Waals surface area contributed by atoms with Crippen LogP contribution in [0.2, 0.25) is 0 Å². The SMILES string of the molecule is COc1ccc2cc([C@H](C)C(=O)NCCC(=O)N[C@H](C)C(=O)O)ccc2c1. The molecule has 2 rings (SSSR count). The number of carboxylic acids is 1. The number of hydrogen-bond acceptors (Lipinski definition) is 4. The zero-order chi connectivity index (χ0) is 20.0. The maximum Gasteiger partial charge on any atom is 0.325 e. The Balaban J connectivity index is 1.92. The van der Waals surface area contributed by atoms with E-state index < -0.39 is 17.9 Å². The van der Waals surface area contributed by atoms with Crippen molar-refractivity contribution in [3.8, 4) is 5.75 Å². The number of benzene rings is 2. The lowest BCUT2D eigenvalue weighted by molar-refractivity contribution is -0.141. The van der Waals surface area contributed by atoms with Gasteiger partial charge in [-0.05, 0) is 42.3 Å². The number of methoxy groups -OCH3 is 1. The number of aliphatic carboxylic acids is 1. The van der Waals surface area contributed by atoms with Crippen molar-refractivity contribution in [1.82, 2.24) is 10.6 Å². The van der Waals surface area contributed by atoms with Crippen LogP contribution in [-0.2, 0) is 14.4 Å². The Kier molecular flexibility index (Phi) is 6.76. The van der Waals surface area contributed by atoms with Crippen molar-refractivity contribution in [3.05, 3.63) is 42.0 Å². The molecule has 144 valence electrons. The molecule has 7 heteroatoms. The summed E-state index contributed by atoms with van der Waals surface area (Å²) < 4.78 is 5.21. The first-order chi connectivity index (χ1) is 12.8. The standard InChI is InChI=1S/C20H24N2O5/c1-12(19(24)21-9-8-18(23)22-13(2)20(25)26)14-4-5-16-11-17(27-3)7-6-15(16)10-14/h4-7,10-13H,8-9H2,1-3H3,(H,21,24)(H,22,23)(H,25,26)/t12-,13+/m0/s1. The van der Waals surface area contributed by atoms with Crippen LogP contribution in [0.4, 0.5) is 0 Å². The van der Waals surface area contributed by atoms with E-state index in [2.05, 4.69) is 10.6 Å². The summed E-state index contributed by atoms with van der Waals surface area (Å²) >= 11 is 0. The minimum absolute atomic E-state index is 0.0214. The van der Waals surface area contributed by atoms with Crippen LogP contribution < -0.4 is 15.4 Å². The van der Waals surface area contributed by atoms with E-state index in [1.165, 1.54) is 6.92 Å². The molecule has 0 aromatic heterocycles. The molecule has 0 radical (unpaired) electrons. The number of ether oxygens (including phenoxy) is 1. The Morgan fingerprint density at radius 3 is 2.41 bits per heavy atom. The molecule has 2 atom stereocenters. The third-order valence-corrected chi connectivity index (χ3v) is 4.36. The zero-order valence-electron chi connectivity index (χ0n) is 15.6. The number of carbonyl (C=O) groups excluding carboxylic acids is 2. The van der Waals surface area contributed by atoms with E-state index >= 15 is 0 Å². The summed E-state index contributed by atoms with van der Waals surface area (Å²) in [5.74, 6) is -1.32. The summed E-state index contributed by atoms with van der Waals surface area (Å²) in [4.78, 5) is 34.7. The van der Waals surface area contributed by atoms with Gasteiger partial charge < -0.3 is 20.5 Å². The normalized spacial score (nSPS) is 12.9. The Labute approximate surface area is 157 Å². The molecular weight excluding hydrogens is 348 g/mol. The van der Waals surface area contributed by atoms with Gasteiger partial charge >= 0.3 is 5.97 Å². The summed E-state index contributed by atoms with van der Waals surface area (Å²) in [5, 5.41) is 15.8. The molecule has 0 spiro atoms. The van der Waals surface area contributed by atoms with Crippen molar-refractivity contribution >= 4 is 28.6 Å². The number of hydrogen-bond donors (Lipinski definition) is 3. The molecule has 0 saturated carbocycles. The number of carboxylic acid groups (broad SMARTS) is 1. The van der Waals surface area contributed by atoms with E-state index in [1.807, 2.05) is 36.4 Å². The average molecular weight is 372 g/mol.